The standard InChI is InChI=1S/C24H31N3O2S/c1-2-6-17(7-3-1)15-28-22-9-5-4-8-19(22)23-14-20(27-29-23)21-16-30-24(26-21)18-10-12-25-13-11-18/h4-5,8-9,14,16-18,23,25,27H,1-3,6-7,10-13,15H2. The van der Waals surface area contributed by atoms with Gasteiger partial charge in [0.25, 0.3) is 0 Å². The Hall–Kier alpha value is -1.89. The van der Waals surface area contributed by atoms with Crippen molar-refractivity contribution >= 4 is 17.0 Å². The molecule has 6 heteroatoms. The van der Waals surface area contributed by atoms with Gasteiger partial charge in [0.15, 0.2) is 0 Å². The van der Waals surface area contributed by atoms with E-state index in [0.717, 1.165) is 42.4 Å². The predicted octanol–water partition coefficient (Wildman–Crippen LogP) is 5.19. The summed E-state index contributed by atoms with van der Waals surface area (Å²) in [5, 5.41) is 6.82. The number of piperidine rings is 1. The van der Waals surface area contributed by atoms with Gasteiger partial charge in [0, 0.05) is 16.9 Å². The summed E-state index contributed by atoms with van der Waals surface area (Å²) in [6, 6.07) is 8.25. The van der Waals surface area contributed by atoms with Crippen LogP contribution in [0.4, 0.5) is 0 Å². The van der Waals surface area contributed by atoms with E-state index in [4.69, 9.17) is 14.6 Å². The lowest BCUT2D eigenvalue weighted by Gasteiger charge is -2.23. The van der Waals surface area contributed by atoms with Gasteiger partial charge in [0.05, 0.1) is 23.0 Å². The maximum absolute atomic E-state index is 6.26. The topological polar surface area (TPSA) is 55.4 Å². The Balaban J connectivity index is 1.27. The molecule has 0 spiro atoms. The van der Waals surface area contributed by atoms with Crippen LogP contribution in [-0.2, 0) is 4.84 Å². The highest BCUT2D eigenvalue weighted by molar-refractivity contribution is 7.09. The SMILES string of the molecule is C1=C(c2csc(C3CCNCC3)n2)NOC1c1ccccc1OCC1CCCCC1. The summed E-state index contributed by atoms with van der Waals surface area (Å²) in [6.45, 7) is 2.98. The molecule has 2 aromatic rings. The Labute approximate surface area is 182 Å². The van der Waals surface area contributed by atoms with Crippen LogP contribution in [-0.4, -0.2) is 24.7 Å². The van der Waals surface area contributed by atoms with Crippen LogP contribution in [0.3, 0.4) is 0 Å². The van der Waals surface area contributed by atoms with Crippen LogP contribution in [0.15, 0.2) is 35.7 Å². The van der Waals surface area contributed by atoms with Gasteiger partial charge in [0.2, 0.25) is 0 Å². The molecule has 1 unspecified atom stereocenters. The molecule has 1 aromatic heterocycles. The van der Waals surface area contributed by atoms with Gasteiger partial charge in [-0.05, 0) is 56.8 Å². The number of thiazole rings is 1. The van der Waals surface area contributed by atoms with E-state index in [1.165, 1.54) is 50.0 Å². The summed E-state index contributed by atoms with van der Waals surface area (Å²) >= 11 is 1.77. The fraction of sp³-hybridized carbons (Fsp3) is 0.542. The number of hydroxylamine groups is 1. The van der Waals surface area contributed by atoms with Crippen LogP contribution in [0, 0.1) is 5.92 Å². The molecule has 0 bridgehead atoms. The molecule has 0 amide bonds. The molecule has 160 valence electrons. The van der Waals surface area contributed by atoms with Crippen molar-refractivity contribution in [3.63, 3.8) is 0 Å². The zero-order valence-electron chi connectivity index (χ0n) is 17.4. The zero-order valence-corrected chi connectivity index (χ0v) is 18.3. The molecule has 1 aliphatic carbocycles. The van der Waals surface area contributed by atoms with Crippen molar-refractivity contribution in [1.29, 1.82) is 0 Å². The van der Waals surface area contributed by atoms with Crippen molar-refractivity contribution in [2.45, 2.75) is 57.0 Å². The molecule has 0 radical (unpaired) electrons. The van der Waals surface area contributed by atoms with Crippen LogP contribution in [0.5, 0.6) is 5.75 Å². The predicted molar refractivity (Wildman–Crippen MR) is 120 cm³/mol. The summed E-state index contributed by atoms with van der Waals surface area (Å²) in [4.78, 5) is 10.8. The Morgan fingerprint density at radius 2 is 1.90 bits per heavy atom. The molecule has 30 heavy (non-hydrogen) atoms. The highest BCUT2D eigenvalue weighted by Gasteiger charge is 2.25. The molecular weight excluding hydrogens is 394 g/mol. The van der Waals surface area contributed by atoms with Gasteiger partial charge in [-0.3, -0.25) is 10.3 Å². The minimum atomic E-state index is -0.161. The van der Waals surface area contributed by atoms with E-state index in [1.54, 1.807) is 11.3 Å². The number of benzene rings is 1. The molecule has 5 nitrogen and oxygen atoms in total. The number of nitrogens with one attached hydrogen (secondary N) is 2. The van der Waals surface area contributed by atoms with Gasteiger partial charge < -0.3 is 10.1 Å². The van der Waals surface area contributed by atoms with Crippen molar-refractivity contribution in [3.05, 3.63) is 52.0 Å². The largest absolute Gasteiger partial charge is 0.493 e. The highest BCUT2D eigenvalue weighted by Crippen LogP contribution is 2.36. The number of hydrogen-bond donors (Lipinski definition) is 2. The number of aromatic nitrogens is 1. The minimum Gasteiger partial charge on any atom is -0.493 e. The number of para-hydroxylation sites is 1. The average molecular weight is 426 g/mol. The molecule has 3 heterocycles. The van der Waals surface area contributed by atoms with E-state index in [1.807, 2.05) is 6.07 Å². The summed E-state index contributed by atoms with van der Waals surface area (Å²) in [5.74, 6) is 2.20. The Bertz CT molecular complexity index is 869. The van der Waals surface area contributed by atoms with E-state index in [9.17, 15) is 0 Å². The molecule has 5 rings (SSSR count). The van der Waals surface area contributed by atoms with Crippen molar-refractivity contribution in [3.8, 4) is 5.75 Å². The van der Waals surface area contributed by atoms with Crippen LogP contribution in [0.1, 0.15) is 73.2 Å². The molecule has 1 atom stereocenters. The molecule has 3 aliphatic rings. The van der Waals surface area contributed by atoms with Crippen LogP contribution < -0.4 is 15.5 Å². The fourth-order valence-corrected chi connectivity index (χ4v) is 5.70. The monoisotopic (exact) mass is 425 g/mol. The van der Waals surface area contributed by atoms with Gasteiger partial charge in [-0.1, -0.05) is 37.5 Å². The second-order valence-corrected chi connectivity index (χ2v) is 9.56. The number of rotatable bonds is 6. The Morgan fingerprint density at radius 1 is 1.07 bits per heavy atom. The molecule has 2 fully saturated rings. The van der Waals surface area contributed by atoms with Crippen molar-refractivity contribution in [2.75, 3.05) is 19.7 Å². The van der Waals surface area contributed by atoms with E-state index >= 15 is 0 Å². The van der Waals surface area contributed by atoms with Gasteiger partial charge >= 0.3 is 0 Å². The number of nitrogens with zero attached hydrogens (tertiary/aromatic N) is 1. The van der Waals surface area contributed by atoms with Gasteiger partial charge in [-0.25, -0.2) is 4.98 Å². The quantitative estimate of drug-likeness (QED) is 0.667. The van der Waals surface area contributed by atoms with Crippen molar-refractivity contribution in [2.24, 2.45) is 5.92 Å². The van der Waals surface area contributed by atoms with Crippen molar-refractivity contribution in [1.82, 2.24) is 15.8 Å². The third kappa shape index (κ3) is 4.56. The lowest BCUT2D eigenvalue weighted by molar-refractivity contribution is 0.0487. The summed E-state index contributed by atoms with van der Waals surface area (Å²) in [5.41, 5.74) is 6.12. The number of hydrogen-bond acceptors (Lipinski definition) is 6. The second-order valence-electron chi connectivity index (χ2n) is 8.67. The average Bonchev–Trinajstić information content (AvgIpc) is 3.49. The van der Waals surface area contributed by atoms with E-state index in [0.29, 0.717) is 11.8 Å². The lowest BCUT2D eigenvalue weighted by atomic mass is 9.90. The fourth-order valence-electron chi connectivity index (χ4n) is 4.71. The van der Waals surface area contributed by atoms with E-state index < -0.39 is 0 Å². The normalized spacial score (nSPS) is 23.2. The Morgan fingerprint density at radius 3 is 2.77 bits per heavy atom. The molecule has 1 saturated heterocycles. The van der Waals surface area contributed by atoms with Gasteiger partial charge in [-0.2, -0.15) is 0 Å². The first kappa shape index (κ1) is 20.0. The third-order valence-electron chi connectivity index (χ3n) is 6.53. The van der Waals surface area contributed by atoms with Crippen LogP contribution >= 0.6 is 11.3 Å². The van der Waals surface area contributed by atoms with E-state index in [2.05, 4.69) is 40.5 Å². The first-order valence-corrected chi connectivity index (χ1v) is 12.3. The molecule has 1 saturated carbocycles. The van der Waals surface area contributed by atoms with Crippen molar-refractivity contribution < 1.29 is 9.57 Å². The van der Waals surface area contributed by atoms with E-state index in [-0.39, 0.29) is 6.10 Å². The highest BCUT2D eigenvalue weighted by atomic mass is 32.1. The lowest BCUT2D eigenvalue weighted by Crippen LogP contribution is -2.26. The second kappa shape index (κ2) is 9.50. The smallest absolute Gasteiger partial charge is 0.135 e. The summed E-state index contributed by atoms with van der Waals surface area (Å²) in [6.07, 6.45) is 10.9. The summed E-state index contributed by atoms with van der Waals surface area (Å²) < 4.78 is 6.26. The first-order valence-electron chi connectivity index (χ1n) is 11.4. The zero-order chi connectivity index (χ0) is 20.2. The van der Waals surface area contributed by atoms with Crippen LogP contribution in [0.2, 0.25) is 0 Å². The molecular formula is C24H31N3O2S. The van der Waals surface area contributed by atoms with Crippen LogP contribution in [0.25, 0.3) is 5.70 Å². The maximum atomic E-state index is 6.26. The molecule has 2 N–H and O–H groups in total. The Kier molecular flexibility index (Phi) is 6.34. The van der Waals surface area contributed by atoms with Gasteiger partial charge in [0.1, 0.15) is 11.9 Å². The molecule has 1 aromatic carbocycles. The maximum Gasteiger partial charge on any atom is 0.135 e. The third-order valence-corrected chi connectivity index (χ3v) is 7.53. The summed E-state index contributed by atoms with van der Waals surface area (Å²) in [7, 11) is 0. The molecule has 2 aliphatic heterocycles. The number of ether oxygens (including phenoxy) is 1. The first-order chi connectivity index (χ1) is 14.9. The van der Waals surface area contributed by atoms with Gasteiger partial charge in [-0.15, -0.1) is 11.3 Å². The minimum absolute atomic E-state index is 0.161.